The van der Waals surface area contributed by atoms with Crippen molar-refractivity contribution in [2.45, 2.75) is 40.0 Å². The van der Waals surface area contributed by atoms with Crippen LogP contribution in [0.2, 0.25) is 0 Å². The second-order valence-corrected chi connectivity index (χ2v) is 6.58. The highest BCUT2D eigenvalue weighted by molar-refractivity contribution is 5.80. The molecule has 2 heterocycles. The molecule has 0 radical (unpaired) electrons. The number of fused-ring (bicyclic) bond motifs is 2. The molecule has 0 aliphatic rings. The first-order valence-electron chi connectivity index (χ1n) is 8.49. The fourth-order valence-electron chi connectivity index (χ4n) is 3.37. The molecule has 2 aromatic heterocycles. The molecule has 4 heteroatoms. The summed E-state index contributed by atoms with van der Waals surface area (Å²) in [4.78, 5) is 16.7. The molecular weight excluding hydrogens is 296 g/mol. The molecule has 0 fully saturated rings. The Labute approximate surface area is 141 Å². The lowest BCUT2D eigenvalue weighted by atomic mass is 10.1. The summed E-state index contributed by atoms with van der Waals surface area (Å²) >= 11 is 0. The first-order valence-corrected chi connectivity index (χ1v) is 8.49. The van der Waals surface area contributed by atoms with Crippen molar-refractivity contribution in [3.63, 3.8) is 0 Å². The summed E-state index contributed by atoms with van der Waals surface area (Å²) in [7, 11) is 0. The molecule has 0 aliphatic heterocycles. The molecule has 0 saturated carbocycles. The fraction of sp³-hybridized carbons (Fsp3) is 0.300. The lowest BCUT2D eigenvalue weighted by Crippen LogP contribution is -2.04. The van der Waals surface area contributed by atoms with Crippen molar-refractivity contribution in [3.8, 4) is 0 Å². The van der Waals surface area contributed by atoms with Crippen LogP contribution < -0.4 is 0 Å². The van der Waals surface area contributed by atoms with E-state index in [0.717, 1.165) is 40.1 Å². The SMILES string of the molecule is CCC(c1nc2c(C)cccc2[nH]1)c1nc2c(C)c(C)ccc2[nH]1. The zero-order chi connectivity index (χ0) is 16.8. The quantitative estimate of drug-likeness (QED) is 0.564. The smallest absolute Gasteiger partial charge is 0.117 e. The number of aromatic amines is 2. The number of rotatable bonds is 3. The van der Waals surface area contributed by atoms with Crippen LogP contribution in [0.1, 0.15) is 47.6 Å². The predicted molar refractivity (Wildman–Crippen MR) is 98.5 cm³/mol. The zero-order valence-corrected chi connectivity index (χ0v) is 14.6. The maximum Gasteiger partial charge on any atom is 0.117 e. The minimum atomic E-state index is 0.143. The Morgan fingerprint density at radius 2 is 1.50 bits per heavy atom. The Hall–Kier alpha value is -2.62. The van der Waals surface area contributed by atoms with E-state index >= 15 is 0 Å². The molecule has 2 N–H and O–H groups in total. The highest BCUT2D eigenvalue weighted by atomic mass is 15.0. The normalized spacial score (nSPS) is 13.0. The van der Waals surface area contributed by atoms with Crippen LogP contribution in [0.3, 0.4) is 0 Å². The van der Waals surface area contributed by atoms with E-state index < -0.39 is 0 Å². The monoisotopic (exact) mass is 318 g/mol. The Morgan fingerprint density at radius 1 is 0.833 bits per heavy atom. The van der Waals surface area contributed by atoms with Gasteiger partial charge < -0.3 is 9.97 Å². The number of nitrogens with one attached hydrogen (secondary N) is 2. The molecule has 0 amide bonds. The summed E-state index contributed by atoms with van der Waals surface area (Å²) in [5.74, 6) is 2.11. The molecule has 1 atom stereocenters. The largest absolute Gasteiger partial charge is 0.341 e. The van der Waals surface area contributed by atoms with Gasteiger partial charge in [0.25, 0.3) is 0 Å². The second-order valence-electron chi connectivity index (χ2n) is 6.58. The summed E-state index contributed by atoms with van der Waals surface area (Å²) in [6, 6.07) is 10.5. The first-order chi connectivity index (χ1) is 11.6. The van der Waals surface area contributed by atoms with E-state index in [1.165, 1.54) is 16.7 Å². The summed E-state index contributed by atoms with van der Waals surface area (Å²) in [6.07, 6.45) is 0.941. The van der Waals surface area contributed by atoms with Gasteiger partial charge in [0.05, 0.1) is 28.0 Å². The van der Waals surface area contributed by atoms with Crippen LogP contribution in [0.25, 0.3) is 22.1 Å². The van der Waals surface area contributed by atoms with Gasteiger partial charge in [-0.1, -0.05) is 25.1 Å². The van der Waals surface area contributed by atoms with E-state index in [9.17, 15) is 0 Å². The molecule has 4 rings (SSSR count). The average Bonchev–Trinajstić information content (AvgIpc) is 3.17. The van der Waals surface area contributed by atoms with Crippen molar-refractivity contribution in [1.82, 2.24) is 19.9 Å². The van der Waals surface area contributed by atoms with Gasteiger partial charge in [-0.05, 0) is 56.0 Å². The summed E-state index contributed by atoms with van der Waals surface area (Å²) < 4.78 is 0. The Bertz CT molecular complexity index is 1040. The highest BCUT2D eigenvalue weighted by Gasteiger charge is 2.21. The van der Waals surface area contributed by atoms with Crippen molar-refractivity contribution in [3.05, 3.63) is 58.7 Å². The predicted octanol–water partition coefficient (Wildman–Crippen LogP) is 4.91. The van der Waals surface area contributed by atoms with Crippen LogP contribution in [0, 0.1) is 20.8 Å². The topological polar surface area (TPSA) is 57.4 Å². The molecule has 1 unspecified atom stereocenters. The number of imidazole rings is 2. The lowest BCUT2D eigenvalue weighted by Gasteiger charge is -2.08. The summed E-state index contributed by atoms with van der Waals surface area (Å²) in [6.45, 7) is 8.54. The van der Waals surface area contributed by atoms with Crippen LogP contribution in [0.4, 0.5) is 0 Å². The molecule has 0 aliphatic carbocycles. The highest BCUT2D eigenvalue weighted by Crippen LogP contribution is 2.29. The molecule has 0 spiro atoms. The van der Waals surface area contributed by atoms with E-state index in [1.54, 1.807) is 0 Å². The third-order valence-electron chi connectivity index (χ3n) is 5.00. The maximum absolute atomic E-state index is 4.90. The van der Waals surface area contributed by atoms with Crippen LogP contribution in [0.15, 0.2) is 30.3 Å². The standard InChI is InChI=1S/C20H22N4/c1-5-14(19-21-15-8-6-7-12(3)17(15)23-19)20-22-16-10-9-11(2)13(4)18(16)24-20/h6-10,14H,5H2,1-4H3,(H,21,23)(H,22,24). The van der Waals surface area contributed by atoms with Gasteiger partial charge in [-0.25, -0.2) is 9.97 Å². The molecule has 0 saturated heterocycles. The van der Waals surface area contributed by atoms with Crippen LogP contribution >= 0.6 is 0 Å². The van der Waals surface area contributed by atoms with Gasteiger partial charge in [0.2, 0.25) is 0 Å². The average molecular weight is 318 g/mol. The van der Waals surface area contributed by atoms with E-state index in [1.807, 2.05) is 0 Å². The van der Waals surface area contributed by atoms with Crippen molar-refractivity contribution in [2.24, 2.45) is 0 Å². The van der Waals surface area contributed by atoms with Gasteiger partial charge >= 0.3 is 0 Å². The minimum absolute atomic E-state index is 0.143. The number of aryl methyl sites for hydroxylation is 3. The van der Waals surface area contributed by atoms with Crippen molar-refractivity contribution in [1.29, 1.82) is 0 Å². The second kappa shape index (κ2) is 5.48. The van der Waals surface area contributed by atoms with Gasteiger partial charge in [-0.15, -0.1) is 0 Å². The van der Waals surface area contributed by atoms with Gasteiger partial charge in [0.1, 0.15) is 11.6 Å². The van der Waals surface area contributed by atoms with Gasteiger partial charge in [-0.2, -0.15) is 0 Å². The molecule has 4 aromatic rings. The van der Waals surface area contributed by atoms with Crippen molar-refractivity contribution >= 4 is 22.1 Å². The van der Waals surface area contributed by atoms with Crippen molar-refractivity contribution in [2.75, 3.05) is 0 Å². The molecule has 2 aromatic carbocycles. The van der Waals surface area contributed by atoms with Gasteiger partial charge in [0.15, 0.2) is 0 Å². The van der Waals surface area contributed by atoms with E-state index in [2.05, 4.69) is 68.0 Å². The van der Waals surface area contributed by atoms with E-state index in [4.69, 9.17) is 9.97 Å². The van der Waals surface area contributed by atoms with Crippen molar-refractivity contribution < 1.29 is 0 Å². The third-order valence-corrected chi connectivity index (χ3v) is 5.00. The zero-order valence-electron chi connectivity index (χ0n) is 14.6. The van der Waals surface area contributed by atoms with E-state index in [0.29, 0.717) is 0 Å². The van der Waals surface area contributed by atoms with Gasteiger partial charge in [0, 0.05) is 0 Å². The Kier molecular flexibility index (Phi) is 3.41. The fourth-order valence-corrected chi connectivity index (χ4v) is 3.37. The molecule has 122 valence electrons. The third kappa shape index (κ3) is 2.21. The number of benzene rings is 2. The van der Waals surface area contributed by atoms with Crippen LogP contribution in [-0.2, 0) is 0 Å². The summed E-state index contributed by atoms with van der Waals surface area (Å²) in [5.41, 5.74) is 8.01. The molecular formula is C20H22N4. The van der Waals surface area contributed by atoms with E-state index in [-0.39, 0.29) is 5.92 Å². The maximum atomic E-state index is 4.90. The lowest BCUT2D eigenvalue weighted by molar-refractivity contribution is 0.694. The van der Waals surface area contributed by atoms with Crippen LogP contribution in [0.5, 0.6) is 0 Å². The number of hydrogen-bond acceptors (Lipinski definition) is 2. The molecule has 0 bridgehead atoms. The number of aromatic nitrogens is 4. The summed E-state index contributed by atoms with van der Waals surface area (Å²) in [5, 5.41) is 0. The first kappa shape index (κ1) is 14.9. The Morgan fingerprint density at radius 3 is 2.17 bits per heavy atom. The van der Waals surface area contributed by atoms with Gasteiger partial charge in [-0.3, -0.25) is 0 Å². The number of hydrogen-bond donors (Lipinski definition) is 2. The molecule has 4 nitrogen and oxygen atoms in total. The van der Waals surface area contributed by atoms with Crippen LogP contribution in [-0.4, -0.2) is 19.9 Å². The minimum Gasteiger partial charge on any atom is -0.341 e. The number of para-hydroxylation sites is 1. The Balaban J connectivity index is 1.85. The number of H-pyrrole nitrogens is 2. The molecule has 24 heavy (non-hydrogen) atoms. The number of nitrogens with zero attached hydrogens (tertiary/aromatic N) is 2.